The molecular weight excluding hydrogens is 387 g/mol. The van der Waals surface area contributed by atoms with Crippen molar-refractivity contribution in [2.45, 2.75) is 11.8 Å². The van der Waals surface area contributed by atoms with Gasteiger partial charge in [-0.15, -0.1) is 0 Å². The third kappa shape index (κ3) is 6.34. The SMILES string of the molecule is CN([C@@H](C(=O)NCCSCc1ccccc1F)c1ccccc1)S(C)(=O)=O. The summed E-state index contributed by atoms with van der Waals surface area (Å²) in [5.74, 6) is 0.464. The molecule has 0 aliphatic carbocycles. The molecule has 146 valence electrons. The number of hydrogen-bond acceptors (Lipinski definition) is 4. The predicted octanol–water partition coefficient (Wildman–Crippen LogP) is 2.81. The van der Waals surface area contributed by atoms with E-state index in [0.29, 0.717) is 29.2 Å². The highest BCUT2D eigenvalue weighted by atomic mass is 32.2. The molecule has 1 N–H and O–H groups in total. The lowest BCUT2D eigenvalue weighted by molar-refractivity contribution is -0.124. The Labute approximate surface area is 164 Å². The van der Waals surface area contributed by atoms with Crippen molar-refractivity contribution in [2.75, 3.05) is 25.6 Å². The van der Waals surface area contributed by atoms with Gasteiger partial charge in [0.15, 0.2) is 0 Å². The van der Waals surface area contributed by atoms with Gasteiger partial charge in [0, 0.05) is 25.1 Å². The van der Waals surface area contributed by atoms with Crippen LogP contribution in [0, 0.1) is 5.82 Å². The predicted molar refractivity (Wildman–Crippen MR) is 107 cm³/mol. The molecule has 0 fully saturated rings. The van der Waals surface area contributed by atoms with Gasteiger partial charge in [0.1, 0.15) is 11.9 Å². The van der Waals surface area contributed by atoms with Gasteiger partial charge in [0.2, 0.25) is 15.9 Å². The molecular formula is C19H23FN2O3S2. The number of halogens is 1. The van der Waals surface area contributed by atoms with Crippen molar-refractivity contribution in [2.24, 2.45) is 0 Å². The molecule has 0 heterocycles. The lowest BCUT2D eigenvalue weighted by Gasteiger charge is -2.25. The first-order valence-electron chi connectivity index (χ1n) is 8.37. The van der Waals surface area contributed by atoms with Gasteiger partial charge in [-0.05, 0) is 17.2 Å². The number of nitrogens with zero attached hydrogens (tertiary/aromatic N) is 1. The summed E-state index contributed by atoms with van der Waals surface area (Å²) in [5.41, 5.74) is 1.22. The maximum atomic E-state index is 13.6. The molecule has 5 nitrogen and oxygen atoms in total. The largest absolute Gasteiger partial charge is 0.354 e. The first-order chi connectivity index (χ1) is 12.8. The molecule has 2 aromatic rings. The van der Waals surface area contributed by atoms with Gasteiger partial charge in [0.25, 0.3) is 0 Å². The zero-order valence-corrected chi connectivity index (χ0v) is 16.9. The van der Waals surface area contributed by atoms with E-state index >= 15 is 0 Å². The number of thioether (sulfide) groups is 1. The number of carbonyl (C=O) groups excluding carboxylic acids is 1. The lowest BCUT2D eigenvalue weighted by Crippen LogP contribution is -2.41. The molecule has 0 saturated heterocycles. The summed E-state index contributed by atoms with van der Waals surface area (Å²) < 4.78 is 38.5. The van der Waals surface area contributed by atoms with Crippen molar-refractivity contribution >= 4 is 27.7 Å². The number of carbonyl (C=O) groups is 1. The number of benzene rings is 2. The fraction of sp³-hybridized carbons (Fsp3) is 0.316. The Bertz CT molecular complexity index is 860. The summed E-state index contributed by atoms with van der Waals surface area (Å²) in [6, 6.07) is 14.4. The Morgan fingerprint density at radius 3 is 2.41 bits per heavy atom. The third-order valence-corrected chi connectivity index (χ3v) is 6.28. The van der Waals surface area contributed by atoms with E-state index in [1.807, 2.05) is 0 Å². The van der Waals surface area contributed by atoms with Crippen molar-refractivity contribution in [3.8, 4) is 0 Å². The molecule has 8 heteroatoms. The first-order valence-corrected chi connectivity index (χ1v) is 11.4. The fourth-order valence-electron chi connectivity index (χ4n) is 2.49. The Kier molecular flexibility index (Phi) is 7.82. The Balaban J connectivity index is 1.93. The molecule has 0 bridgehead atoms. The van der Waals surface area contributed by atoms with E-state index in [2.05, 4.69) is 5.32 Å². The second-order valence-corrected chi connectivity index (χ2v) is 9.17. The summed E-state index contributed by atoms with van der Waals surface area (Å²) >= 11 is 1.50. The Morgan fingerprint density at radius 1 is 1.15 bits per heavy atom. The first kappa shape index (κ1) is 21.4. The molecule has 0 unspecified atom stereocenters. The molecule has 27 heavy (non-hydrogen) atoms. The second-order valence-electron chi connectivity index (χ2n) is 6.03. The molecule has 0 aliphatic rings. The van der Waals surface area contributed by atoms with Crippen LogP contribution in [0.1, 0.15) is 17.2 Å². The van der Waals surface area contributed by atoms with Crippen LogP contribution >= 0.6 is 11.8 Å². The van der Waals surface area contributed by atoms with Crippen molar-refractivity contribution in [1.29, 1.82) is 0 Å². The molecule has 0 aromatic heterocycles. The van der Waals surface area contributed by atoms with E-state index in [-0.39, 0.29) is 11.7 Å². The molecule has 0 radical (unpaired) electrons. The van der Waals surface area contributed by atoms with Crippen LogP contribution in [0.25, 0.3) is 0 Å². The van der Waals surface area contributed by atoms with Crippen LogP contribution in [-0.4, -0.2) is 44.2 Å². The highest BCUT2D eigenvalue weighted by Crippen LogP contribution is 2.22. The number of likely N-dealkylation sites (N-methyl/N-ethyl adjacent to an activating group) is 1. The number of rotatable bonds is 9. The minimum absolute atomic E-state index is 0.243. The van der Waals surface area contributed by atoms with Crippen molar-refractivity contribution in [3.63, 3.8) is 0 Å². The molecule has 0 spiro atoms. The molecule has 0 saturated carbocycles. The van der Waals surface area contributed by atoms with E-state index in [4.69, 9.17) is 0 Å². The molecule has 1 atom stereocenters. The maximum Gasteiger partial charge on any atom is 0.243 e. The van der Waals surface area contributed by atoms with Crippen LogP contribution in [0.5, 0.6) is 0 Å². The fourth-order valence-corrected chi connectivity index (χ4v) is 3.94. The van der Waals surface area contributed by atoms with E-state index in [9.17, 15) is 17.6 Å². The van der Waals surface area contributed by atoms with E-state index in [0.717, 1.165) is 10.6 Å². The minimum atomic E-state index is -3.55. The molecule has 2 aromatic carbocycles. The number of sulfonamides is 1. The topological polar surface area (TPSA) is 66.5 Å². The summed E-state index contributed by atoms with van der Waals surface area (Å²) in [7, 11) is -2.16. The standard InChI is InChI=1S/C19H23FN2O3S2/c1-22(27(2,24)25)18(15-8-4-3-5-9-15)19(23)21-12-13-26-14-16-10-6-7-11-17(16)20/h3-11,18H,12-14H2,1-2H3,(H,21,23)/t18-/m1/s1. The van der Waals surface area contributed by atoms with Gasteiger partial charge in [-0.3, -0.25) is 4.79 Å². The third-order valence-electron chi connectivity index (χ3n) is 4.01. The van der Waals surface area contributed by atoms with Gasteiger partial charge in [-0.25, -0.2) is 12.8 Å². The maximum absolute atomic E-state index is 13.6. The van der Waals surface area contributed by atoms with Crippen molar-refractivity contribution in [3.05, 3.63) is 71.5 Å². The quantitative estimate of drug-likeness (QED) is 0.646. The van der Waals surface area contributed by atoms with Gasteiger partial charge in [0.05, 0.1) is 6.26 Å². The van der Waals surface area contributed by atoms with Crippen LogP contribution in [0.2, 0.25) is 0 Å². The van der Waals surface area contributed by atoms with Gasteiger partial charge in [-0.1, -0.05) is 48.5 Å². The lowest BCUT2D eigenvalue weighted by atomic mass is 10.1. The summed E-state index contributed by atoms with van der Waals surface area (Å²) in [4.78, 5) is 12.6. The number of nitrogens with one attached hydrogen (secondary N) is 1. The highest BCUT2D eigenvalue weighted by molar-refractivity contribution is 7.98. The zero-order chi connectivity index (χ0) is 19.9. The van der Waals surface area contributed by atoms with Crippen molar-refractivity contribution in [1.82, 2.24) is 9.62 Å². The Morgan fingerprint density at radius 2 is 1.78 bits per heavy atom. The number of amides is 1. The number of hydrogen-bond donors (Lipinski definition) is 1. The normalized spacial score (nSPS) is 12.7. The van der Waals surface area contributed by atoms with E-state index in [1.165, 1.54) is 24.9 Å². The van der Waals surface area contributed by atoms with Gasteiger partial charge in [-0.2, -0.15) is 16.1 Å². The summed E-state index contributed by atoms with van der Waals surface area (Å²) in [6.45, 7) is 0.360. The minimum Gasteiger partial charge on any atom is -0.354 e. The molecule has 0 aliphatic heterocycles. The smallest absolute Gasteiger partial charge is 0.243 e. The van der Waals surface area contributed by atoms with Crippen LogP contribution in [-0.2, 0) is 20.6 Å². The second kappa shape index (κ2) is 9.87. The van der Waals surface area contributed by atoms with Crippen molar-refractivity contribution < 1.29 is 17.6 Å². The van der Waals surface area contributed by atoms with Crippen LogP contribution in [0.4, 0.5) is 4.39 Å². The summed E-state index contributed by atoms with van der Waals surface area (Å²) in [5, 5.41) is 2.78. The molecule has 2 rings (SSSR count). The van der Waals surface area contributed by atoms with Crippen LogP contribution in [0.3, 0.4) is 0 Å². The zero-order valence-electron chi connectivity index (χ0n) is 15.3. The van der Waals surface area contributed by atoms with Crippen LogP contribution in [0.15, 0.2) is 54.6 Å². The average molecular weight is 411 g/mol. The average Bonchev–Trinajstić information content (AvgIpc) is 2.63. The van der Waals surface area contributed by atoms with Crippen LogP contribution < -0.4 is 5.32 Å². The van der Waals surface area contributed by atoms with E-state index in [1.54, 1.807) is 48.5 Å². The van der Waals surface area contributed by atoms with Gasteiger partial charge >= 0.3 is 0 Å². The molecule has 1 amide bonds. The highest BCUT2D eigenvalue weighted by Gasteiger charge is 2.30. The Hall–Kier alpha value is -1.90. The monoisotopic (exact) mass is 410 g/mol. The van der Waals surface area contributed by atoms with Gasteiger partial charge < -0.3 is 5.32 Å². The summed E-state index contributed by atoms with van der Waals surface area (Å²) in [6.07, 6.45) is 1.07. The van der Waals surface area contributed by atoms with E-state index < -0.39 is 16.1 Å².